The quantitative estimate of drug-likeness (QED) is 0.199. The Morgan fingerprint density at radius 1 is 1.36 bits per heavy atom. The van der Waals surface area contributed by atoms with Gasteiger partial charge in [0.15, 0.2) is 0 Å². The Balaban J connectivity index is 3.02. The van der Waals surface area contributed by atoms with E-state index in [0.29, 0.717) is 26.0 Å². The zero-order chi connectivity index (χ0) is 19.2. The van der Waals surface area contributed by atoms with Gasteiger partial charge in [-0.1, -0.05) is 26.5 Å². The van der Waals surface area contributed by atoms with Crippen molar-refractivity contribution in [1.82, 2.24) is 4.90 Å². The second-order valence-corrected chi connectivity index (χ2v) is 6.73. The molecular formula is C19H29NO5. The van der Waals surface area contributed by atoms with Crippen molar-refractivity contribution >= 4 is 17.8 Å². The van der Waals surface area contributed by atoms with E-state index >= 15 is 0 Å². The van der Waals surface area contributed by atoms with Gasteiger partial charge in [0.25, 0.3) is 0 Å². The lowest BCUT2D eigenvalue weighted by Gasteiger charge is -2.33. The van der Waals surface area contributed by atoms with Crippen LogP contribution in [0.15, 0.2) is 24.8 Å². The van der Waals surface area contributed by atoms with Crippen molar-refractivity contribution in [3.63, 3.8) is 0 Å². The summed E-state index contributed by atoms with van der Waals surface area (Å²) in [5.74, 6) is -1.96. The maximum atomic E-state index is 12.9. The molecule has 0 aromatic heterocycles. The van der Waals surface area contributed by atoms with Crippen molar-refractivity contribution in [3.8, 4) is 0 Å². The summed E-state index contributed by atoms with van der Waals surface area (Å²) < 4.78 is 10.3. The Morgan fingerprint density at radius 3 is 2.48 bits per heavy atom. The number of hydrogen-bond acceptors (Lipinski definition) is 5. The number of imide groups is 1. The Kier molecular flexibility index (Phi) is 7.55. The third-order valence-electron chi connectivity index (χ3n) is 4.73. The number of hydrogen-bond donors (Lipinski definition) is 0. The Labute approximate surface area is 149 Å². The zero-order valence-electron chi connectivity index (χ0n) is 15.7. The van der Waals surface area contributed by atoms with Gasteiger partial charge >= 0.3 is 5.97 Å². The highest BCUT2D eigenvalue weighted by molar-refractivity contribution is 6.05. The topological polar surface area (TPSA) is 72.9 Å². The summed E-state index contributed by atoms with van der Waals surface area (Å²) in [6.45, 7) is 13.4. The minimum atomic E-state index is -0.825. The van der Waals surface area contributed by atoms with Crippen LogP contribution in [0, 0.1) is 17.3 Å². The van der Waals surface area contributed by atoms with Gasteiger partial charge in [-0.05, 0) is 19.8 Å². The molecule has 0 bridgehead atoms. The highest BCUT2D eigenvalue weighted by Gasteiger charge is 2.53. The van der Waals surface area contributed by atoms with Crippen molar-refractivity contribution < 1.29 is 23.9 Å². The number of ether oxygens (including phenoxy) is 2. The summed E-state index contributed by atoms with van der Waals surface area (Å²) >= 11 is 0. The summed E-state index contributed by atoms with van der Waals surface area (Å²) in [5, 5.41) is 0. The van der Waals surface area contributed by atoms with Gasteiger partial charge in [0.1, 0.15) is 6.61 Å². The molecule has 0 saturated carbocycles. The zero-order valence-corrected chi connectivity index (χ0v) is 15.7. The van der Waals surface area contributed by atoms with Crippen molar-refractivity contribution in [1.29, 1.82) is 0 Å². The van der Waals surface area contributed by atoms with E-state index in [4.69, 9.17) is 9.47 Å². The van der Waals surface area contributed by atoms with Crippen LogP contribution in [0.5, 0.6) is 0 Å². The van der Waals surface area contributed by atoms with Gasteiger partial charge in [0.2, 0.25) is 11.8 Å². The summed E-state index contributed by atoms with van der Waals surface area (Å²) in [5.41, 5.74) is -0.539. The van der Waals surface area contributed by atoms with E-state index in [1.807, 2.05) is 6.92 Å². The molecule has 0 aromatic rings. The molecule has 6 nitrogen and oxygen atoms in total. The molecule has 0 spiro atoms. The maximum absolute atomic E-state index is 12.9. The molecule has 6 heteroatoms. The van der Waals surface area contributed by atoms with Crippen LogP contribution in [0.3, 0.4) is 0 Å². The molecule has 1 aliphatic rings. The van der Waals surface area contributed by atoms with Gasteiger partial charge in [0, 0.05) is 31.2 Å². The van der Waals surface area contributed by atoms with Crippen LogP contribution in [-0.4, -0.2) is 49.6 Å². The van der Waals surface area contributed by atoms with Gasteiger partial charge in [0.05, 0.1) is 11.8 Å². The Bertz CT molecular complexity index is 556. The normalized spacial score (nSPS) is 22.6. The number of amides is 2. The van der Waals surface area contributed by atoms with Gasteiger partial charge in [-0.2, -0.15) is 0 Å². The molecule has 3 unspecified atom stereocenters. The smallest absolute Gasteiger partial charge is 0.333 e. The molecule has 0 radical (unpaired) electrons. The molecule has 1 fully saturated rings. The lowest BCUT2D eigenvalue weighted by atomic mass is 9.71. The van der Waals surface area contributed by atoms with Crippen LogP contribution < -0.4 is 0 Å². The van der Waals surface area contributed by atoms with Crippen molar-refractivity contribution in [3.05, 3.63) is 24.8 Å². The monoisotopic (exact) mass is 351 g/mol. The van der Waals surface area contributed by atoms with Gasteiger partial charge < -0.3 is 9.47 Å². The summed E-state index contributed by atoms with van der Waals surface area (Å²) in [4.78, 5) is 38.6. The van der Waals surface area contributed by atoms with E-state index in [0.717, 1.165) is 0 Å². The SMILES string of the molecule is C=CC(C)(COC(=O)C(=C)C)C1C(=O)N(CCCOC)C(=O)C1CC. The first kappa shape index (κ1) is 21.1. The van der Waals surface area contributed by atoms with Crippen LogP contribution in [-0.2, 0) is 23.9 Å². The van der Waals surface area contributed by atoms with Crippen LogP contribution in [0.25, 0.3) is 0 Å². The molecule has 1 aliphatic heterocycles. The van der Waals surface area contributed by atoms with E-state index in [1.54, 1.807) is 27.0 Å². The van der Waals surface area contributed by atoms with Crippen LogP contribution in [0.4, 0.5) is 0 Å². The number of nitrogens with zero attached hydrogens (tertiary/aromatic N) is 1. The molecule has 0 aromatic carbocycles. The Hall–Kier alpha value is -1.95. The standard InChI is InChI=1S/C19H29NO5/c1-7-14-15(17(22)20(16(14)21)10-9-11-24-6)19(5,8-2)12-25-18(23)13(3)4/h8,14-15H,2-3,7,9-12H2,1,4-6H3. The third kappa shape index (κ3) is 4.57. The van der Waals surface area contributed by atoms with E-state index in [1.165, 1.54) is 4.90 Å². The third-order valence-corrected chi connectivity index (χ3v) is 4.73. The lowest BCUT2D eigenvalue weighted by molar-refractivity contribution is -0.146. The first-order chi connectivity index (χ1) is 11.7. The molecule has 0 aliphatic carbocycles. The number of methoxy groups -OCH3 is 1. The fourth-order valence-corrected chi connectivity index (χ4v) is 3.15. The maximum Gasteiger partial charge on any atom is 0.333 e. The average molecular weight is 351 g/mol. The Morgan fingerprint density at radius 2 is 2.00 bits per heavy atom. The predicted octanol–water partition coefficient (Wildman–Crippen LogP) is 2.35. The highest BCUT2D eigenvalue weighted by Crippen LogP contribution is 2.42. The fourth-order valence-electron chi connectivity index (χ4n) is 3.15. The molecule has 1 saturated heterocycles. The van der Waals surface area contributed by atoms with E-state index < -0.39 is 23.2 Å². The second-order valence-electron chi connectivity index (χ2n) is 6.73. The van der Waals surface area contributed by atoms with Crippen molar-refractivity contribution in [2.24, 2.45) is 17.3 Å². The molecular weight excluding hydrogens is 322 g/mol. The average Bonchev–Trinajstić information content (AvgIpc) is 2.83. The highest BCUT2D eigenvalue weighted by atomic mass is 16.5. The number of esters is 1. The van der Waals surface area contributed by atoms with E-state index in [2.05, 4.69) is 13.2 Å². The van der Waals surface area contributed by atoms with Crippen LogP contribution in [0.1, 0.15) is 33.6 Å². The largest absolute Gasteiger partial charge is 0.461 e. The molecule has 3 atom stereocenters. The molecule has 2 amide bonds. The number of rotatable bonds is 10. The molecule has 0 N–H and O–H groups in total. The van der Waals surface area contributed by atoms with E-state index in [9.17, 15) is 14.4 Å². The minimum absolute atomic E-state index is 0.0196. The molecule has 1 heterocycles. The molecule has 25 heavy (non-hydrogen) atoms. The summed E-state index contributed by atoms with van der Waals surface area (Å²) in [7, 11) is 1.58. The first-order valence-corrected chi connectivity index (χ1v) is 8.53. The minimum Gasteiger partial charge on any atom is -0.461 e. The molecule has 140 valence electrons. The molecule has 1 rings (SSSR count). The predicted molar refractivity (Wildman–Crippen MR) is 94.6 cm³/mol. The number of carbonyl (C=O) groups is 3. The lowest BCUT2D eigenvalue weighted by Crippen LogP contribution is -2.40. The summed E-state index contributed by atoms with van der Waals surface area (Å²) in [6.07, 6.45) is 2.73. The summed E-state index contributed by atoms with van der Waals surface area (Å²) in [6, 6.07) is 0. The van der Waals surface area contributed by atoms with Gasteiger partial charge in [-0.15, -0.1) is 6.58 Å². The number of carbonyl (C=O) groups excluding carboxylic acids is 3. The number of likely N-dealkylation sites (tertiary alicyclic amines) is 1. The van der Waals surface area contributed by atoms with Gasteiger partial charge in [-0.3, -0.25) is 14.5 Å². The van der Waals surface area contributed by atoms with Crippen molar-refractivity contribution in [2.45, 2.75) is 33.6 Å². The van der Waals surface area contributed by atoms with Crippen LogP contribution in [0.2, 0.25) is 0 Å². The van der Waals surface area contributed by atoms with Gasteiger partial charge in [-0.25, -0.2) is 4.79 Å². The fraction of sp³-hybridized carbons (Fsp3) is 0.632. The van der Waals surface area contributed by atoms with E-state index in [-0.39, 0.29) is 24.0 Å². The van der Waals surface area contributed by atoms with Crippen molar-refractivity contribution in [2.75, 3.05) is 26.9 Å². The first-order valence-electron chi connectivity index (χ1n) is 8.53. The van der Waals surface area contributed by atoms with Crippen LogP contribution >= 0.6 is 0 Å². The second kappa shape index (κ2) is 8.94.